The van der Waals surface area contributed by atoms with E-state index in [-0.39, 0.29) is 40.5 Å². The predicted octanol–water partition coefficient (Wildman–Crippen LogP) is 5.38. The molecule has 4 nitrogen and oxygen atoms in total. The van der Waals surface area contributed by atoms with E-state index in [2.05, 4.69) is 10.9 Å². The first-order chi connectivity index (χ1) is 15.0. The first kappa shape index (κ1) is 23.3. The van der Waals surface area contributed by atoms with Crippen molar-refractivity contribution >= 4 is 9.84 Å². The number of aromatic nitrogens is 1. The highest BCUT2D eigenvalue weighted by Crippen LogP contribution is 2.44. The van der Waals surface area contributed by atoms with E-state index < -0.39 is 33.1 Å². The zero-order valence-electron chi connectivity index (χ0n) is 16.8. The van der Waals surface area contributed by atoms with Gasteiger partial charge in [-0.1, -0.05) is 30.3 Å². The predicted molar refractivity (Wildman–Crippen MR) is 112 cm³/mol. The van der Waals surface area contributed by atoms with Gasteiger partial charge in [0.25, 0.3) is 0 Å². The summed E-state index contributed by atoms with van der Waals surface area (Å²) >= 11 is 0. The molecule has 0 aliphatic carbocycles. The highest BCUT2D eigenvalue weighted by molar-refractivity contribution is 7.90. The van der Waals surface area contributed by atoms with Crippen molar-refractivity contribution in [2.75, 3.05) is 12.9 Å². The Labute approximate surface area is 182 Å². The number of terminal acetylenes is 1. The fourth-order valence-corrected chi connectivity index (χ4v) is 4.05. The first-order valence-electron chi connectivity index (χ1n) is 9.26. The summed E-state index contributed by atoms with van der Waals surface area (Å²) in [6, 6.07) is 11.3. The Kier molecular flexibility index (Phi) is 6.55. The third-order valence-electron chi connectivity index (χ3n) is 4.47. The summed E-state index contributed by atoms with van der Waals surface area (Å²) < 4.78 is 85.7. The molecule has 0 spiro atoms. The average Bonchev–Trinajstić information content (AvgIpc) is 2.73. The molecule has 0 aliphatic rings. The van der Waals surface area contributed by atoms with E-state index in [0.717, 1.165) is 18.4 Å². The molecule has 1 aromatic heterocycles. The number of hydrogen-bond acceptors (Lipinski definition) is 4. The minimum absolute atomic E-state index is 0.0136. The van der Waals surface area contributed by atoms with Crippen LogP contribution in [0.3, 0.4) is 0 Å². The standard InChI is InChI=1S/C23H17F4NO3S/c1-3-4-13-31-20-14-18(17-7-5-6-8-19(17)32(2,29)30)21(22(28-20)23(25,26)27)15-9-11-16(24)12-10-15/h1,5-12,14H,4,13H2,2H3. The maximum Gasteiger partial charge on any atom is 0.434 e. The Bertz CT molecular complexity index is 1280. The van der Waals surface area contributed by atoms with Crippen LogP contribution in [0.4, 0.5) is 17.6 Å². The molecule has 32 heavy (non-hydrogen) atoms. The molecular weight excluding hydrogens is 446 g/mol. The van der Waals surface area contributed by atoms with Crippen molar-refractivity contribution in [3.05, 3.63) is 66.1 Å². The number of benzene rings is 2. The monoisotopic (exact) mass is 463 g/mol. The van der Waals surface area contributed by atoms with E-state index in [4.69, 9.17) is 11.2 Å². The molecule has 0 aliphatic heterocycles. The smallest absolute Gasteiger partial charge is 0.434 e. The van der Waals surface area contributed by atoms with Crippen molar-refractivity contribution in [1.82, 2.24) is 4.98 Å². The van der Waals surface area contributed by atoms with E-state index in [9.17, 15) is 26.0 Å². The Morgan fingerprint density at radius 3 is 2.31 bits per heavy atom. The van der Waals surface area contributed by atoms with E-state index in [1.54, 1.807) is 0 Å². The van der Waals surface area contributed by atoms with Crippen molar-refractivity contribution in [2.45, 2.75) is 17.5 Å². The second-order valence-corrected chi connectivity index (χ2v) is 8.79. The van der Waals surface area contributed by atoms with Crippen molar-refractivity contribution in [1.29, 1.82) is 0 Å². The summed E-state index contributed by atoms with van der Waals surface area (Å²) in [4.78, 5) is 3.46. The fraction of sp³-hybridized carbons (Fsp3) is 0.174. The summed E-state index contributed by atoms with van der Waals surface area (Å²) in [5.74, 6) is 1.31. The number of ether oxygens (including phenoxy) is 1. The molecule has 2 aromatic carbocycles. The van der Waals surface area contributed by atoms with Crippen LogP contribution < -0.4 is 4.74 Å². The summed E-state index contributed by atoms with van der Waals surface area (Å²) in [7, 11) is -3.80. The van der Waals surface area contributed by atoms with Gasteiger partial charge in [-0.15, -0.1) is 12.3 Å². The van der Waals surface area contributed by atoms with Gasteiger partial charge in [-0.2, -0.15) is 13.2 Å². The molecular formula is C23H17F4NO3S. The molecule has 0 saturated heterocycles. The minimum Gasteiger partial charge on any atom is -0.477 e. The third kappa shape index (κ3) is 5.08. The number of hydrogen-bond donors (Lipinski definition) is 0. The molecule has 9 heteroatoms. The zero-order chi connectivity index (χ0) is 23.5. The maximum absolute atomic E-state index is 14.1. The Morgan fingerprint density at radius 2 is 1.72 bits per heavy atom. The lowest BCUT2D eigenvalue weighted by Crippen LogP contribution is -2.13. The first-order valence-corrected chi connectivity index (χ1v) is 11.2. The SMILES string of the molecule is C#CCCOc1cc(-c2ccccc2S(C)(=O)=O)c(-c2ccc(F)cc2)c(C(F)(F)F)n1. The van der Waals surface area contributed by atoms with Gasteiger partial charge in [-0.05, 0) is 29.3 Å². The summed E-state index contributed by atoms with van der Waals surface area (Å²) in [5.41, 5.74) is -1.71. The molecule has 3 rings (SSSR count). The van der Waals surface area contributed by atoms with Gasteiger partial charge < -0.3 is 4.74 Å². The second kappa shape index (κ2) is 9.01. The molecule has 0 unspecified atom stereocenters. The number of halogens is 4. The largest absolute Gasteiger partial charge is 0.477 e. The Hall–Kier alpha value is -3.38. The van der Waals surface area contributed by atoms with E-state index in [1.807, 2.05) is 0 Å². The van der Waals surface area contributed by atoms with Gasteiger partial charge in [0.2, 0.25) is 5.88 Å². The molecule has 0 amide bonds. The van der Waals surface area contributed by atoms with E-state index in [0.29, 0.717) is 0 Å². The highest BCUT2D eigenvalue weighted by Gasteiger charge is 2.38. The molecule has 0 radical (unpaired) electrons. The van der Waals surface area contributed by atoms with Crippen LogP contribution in [0.15, 0.2) is 59.5 Å². The van der Waals surface area contributed by atoms with Crippen molar-refractivity contribution < 1.29 is 30.7 Å². The van der Waals surface area contributed by atoms with Gasteiger partial charge in [0, 0.05) is 29.9 Å². The molecule has 0 bridgehead atoms. The second-order valence-electron chi connectivity index (χ2n) is 6.81. The van der Waals surface area contributed by atoms with Crippen LogP contribution in [-0.2, 0) is 16.0 Å². The maximum atomic E-state index is 14.1. The third-order valence-corrected chi connectivity index (χ3v) is 5.63. The number of nitrogens with zero attached hydrogens (tertiary/aromatic N) is 1. The van der Waals surface area contributed by atoms with E-state index in [1.165, 1.54) is 42.5 Å². The van der Waals surface area contributed by atoms with Gasteiger partial charge >= 0.3 is 6.18 Å². The van der Waals surface area contributed by atoms with Gasteiger partial charge in [-0.3, -0.25) is 0 Å². The number of alkyl halides is 3. The van der Waals surface area contributed by atoms with Crippen molar-refractivity contribution in [3.8, 4) is 40.5 Å². The average molecular weight is 463 g/mol. The summed E-state index contributed by atoms with van der Waals surface area (Å²) in [5, 5.41) is 0. The molecule has 166 valence electrons. The minimum atomic E-state index is -4.91. The Balaban J connectivity index is 2.42. The van der Waals surface area contributed by atoms with Crippen LogP contribution in [0.25, 0.3) is 22.3 Å². The molecule has 3 aromatic rings. The summed E-state index contributed by atoms with van der Waals surface area (Å²) in [6.07, 6.45) is 1.35. The van der Waals surface area contributed by atoms with Gasteiger partial charge in [0.15, 0.2) is 15.5 Å². The van der Waals surface area contributed by atoms with Crippen LogP contribution in [0.5, 0.6) is 5.88 Å². The number of sulfone groups is 1. The summed E-state index contributed by atoms with van der Waals surface area (Å²) in [6.45, 7) is -0.0795. The number of pyridine rings is 1. The molecule has 1 heterocycles. The topological polar surface area (TPSA) is 56.3 Å². The van der Waals surface area contributed by atoms with Crippen molar-refractivity contribution in [3.63, 3.8) is 0 Å². The lowest BCUT2D eigenvalue weighted by Gasteiger charge is -2.20. The quantitative estimate of drug-likeness (QED) is 0.280. The lowest BCUT2D eigenvalue weighted by atomic mass is 9.93. The zero-order valence-corrected chi connectivity index (χ0v) is 17.6. The van der Waals surface area contributed by atoms with Gasteiger partial charge in [-0.25, -0.2) is 17.8 Å². The van der Waals surface area contributed by atoms with Crippen LogP contribution in [0, 0.1) is 18.2 Å². The van der Waals surface area contributed by atoms with Crippen LogP contribution in [-0.4, -0.2) is 26.3 Å². The molecule has 0 fully saturated rings. The highest BCUT2D eigenvalue weighted by atomic mass is 32.2. The fourth-order valence-electron chi connectivity index (χ4n) is 3.15. The van der Waals surface area contributed by atoms with E-state index >= 15 is 0 Å². The van der Waals surface area contributed by atoms with Gasteiger partial charge in [0.1, 0.15) is 12.4 Å². The molecule has 0 atom stereocenters. The number of rotatable bonds is 6. The van der Waals surface area contributed by atoms with Crippen LogP contribution in [0.2, 0.25) is 0 Å². The van der Waals surface area contributed by atoms with Crippen molar-refractivity contribution in [2.24, 2.45) is 0 Å². The lowest BCUT2D eigenvalue weighted by molar-refractivity contribution is -0.140. The normalized spacial score (nSPS) is 11.8. The molecule has 0 saturated carbocycles. The Morgan fingerprint density at radius 1 is 1.06 bits per heavy atom. The van der Waals surface area contributed by atoms with Crippen LogP contribution >= 0.6 is 0 Å². The molecule has 0 N–H and O–H groups in total. The van der Waals surface area contributed by atoms with Gasteiger partial charge in [0.05, 0.1) is 4.90 Å². The van der Waals surface area contributed by atoms with Crippen LogP contribution in [0.1, 0.15) is 12.1 Å².